The van der Waals surface area contributed by atoms with Crippen LogP contribution in [0.5, 0.6) is 5.75 Å². The number of hydrogen-bond donors (Lipinski definition) is 0. The van der Waals surface area contributed by atoms with Crippen LogP contribution in [0.4, 0.5) is 13.2 Å². The number of unbranched alkanes of at least 4 members (excludes halogenated alkanes) is 5. The summed E-state index contributed by atoms with van der Waals surface area (Å²) in [6.45, 7) is 7.18. The highest BCUT2D eigenvalue weighted by molar-refractivity contribution is 5.90. The van der Waals surface area contributed by atoms with Crippen molar-refractivity contribution in [3.05, 3.63) is 89.5 Å². The van der Waals surface area contributed by atoms with Gasteiger partial charge in [-0.15, -0.1) is 0 Å². The molecular weight excluding hydrogens is 629 g/mol. The van der Waals surface area contributed by atoms with Gasteiger partial charge in [0, 0.05) is 0 Å². The molecule has 0 N–H and O–H groups in total. The number of hydrogen-bond acceptors (Lipinski definition) is 5. The summed E-state index contributed by atoms with van der Waals surface area (Å²) in [5, 5.41) is 0. The largest absolute Gasteiger partial charge is 0.494 e. The molecule has 4 rings (SSSR count). The van der Waals surface area contributed by atoms with Crippen molar-refractivity contribution in [2.45, 2.75) is 116 Å². The highest BCUT2D eigenvalue weighted by Crippen LogP contribution is 2.40. The molecule has 3 aromatic rings. The molecule has 1 aliphatic carbocycles. The molecule has 0 radical (unpaired) electrons. The van der Waals surface area contributed by atoms with Crippen molar-refractivity contribution in [3.63, 3.8) is 0 Å². The Bertz CT molecular complexity index is 1450. The topological polar surface area (TPSA) is 61.8 Å². The van der Waals surface area contributed by atoms with Gasteiger partial charge in [0.1, 0.15) is 11.9 Å². The maximum atomic E-state index is 13.8. The minimum atomic E-state index is -4.68. The second-order valence-electron chi connectivity index (χ2n) is 13.3. The molecule has 0 saturated carbocycles. The lowest BCUT2D eigenvalue weighted by Gasteiger charge is -2.33. The number of fused-ring (bicyclic) bond motifs is 1. The lowest BCUT2D eigenvalue weighted by Crippen LogP contribution is -2.39. The quantitative estimate of drug-likeness (QED) is 0.0988. The van der Waals surface area contributed by atoms with Crippen molar-refractivity contribution in [2.75, 3.05) is 6.61 Å². The molecule has 0 heterocycles. The van der Waals surface area contributed by atoms with Crippen LogP contribution in [0.1, 0.15) is 119 Å². The van der Waals surface area contributed by atoms with Gasteiger partial charge >= 0.3 is 18.1 Å². The van der Waals surface area contributed by atoms with E-state index in [2.05, 4.69) is 13.8 Å². The fourth-order valence-corrected chi connectivity index (χ4v) is 6.27. The summed E-state index contributed by atoms with van der Waals surface area (Å²) >= 11 is 0. The Morgan fingerprint density at radius 2 is 1.47 bits per heavy atom. The average Bonchev–Trinajstić information content (AvgIpc) is 3.10. The minimum Gasteiger partial charge on any atom is -0.494 e. The van der Waals surface area contributed by atoms with Gasteiger partial charge in [-0.3, -0.25) is 4.79 Å². The molecule has 0 fully saturated rings. The summed E-state index contributed by atoms with van der Waals surface area (Å²) in [7, 11) is 0. The van der Waals surface area contributed by atoms with Gasteiger partial charge in [0.25, 0.3) is 0 Å². The monoisotopic (exact) mass is 680 g/mol. The zero-order chi connectivity index (χ0) is 35.2. The second kappa shape index (κ2) is 18.8. The van der Waals surface area contributed by atoms with Crippen molar-refractivity contribution >= 4 is 11.9 Å². The van der Waals surface area contributed by atoms with Gasteiger partial charge in [0.15, 0.2) is 6.10 Å². The average molecular weight is 681 g/mol. The molecule has 0 aliphatic heterocycles. The van der Waals surface area contributed by atoms with Crippen LogP contribution in [0, 0.1) is 11.8 Å². The number of aryl methyl sites for hydroxylation is 1. The summed E-state index contributed by atoms with van der Waals surface area (Å²) in [4.78, 5) is 26.7. The van der Waals surface area contributed by atoms with Crippen LogP contribution in [0.25, 0.3) is 11.1 Å². The number of esters is 2. The van der Waals surface area contributed by atoms with Crippen LogP contribution < -0.4 is 4.74 Å². The normalized spacial score (nSPS) is 17.1. The Morgan fingerprint density at radius 1 is 0.816 bits per heavy atom. The molecule has 2 unspecified atom stereocenters. The van der Waals surface area contributed by atoms with Gasteiger partial charge in [-0.05, 0) is 84.5 Å². The Labute approximate surface area is 289 Å². The van der Waals surface area contributed by atoms with Crippen LogP contribution in [0.3, 0.4) is 0 Å². The maximum Gasteiger partial charge on any atom is 0.425 e. The molecule has 266 valence electrons. The van der Waals surface area contributed by atoms with Crippen molar-refractivity contribution in [3.8, 4) is 16.9 Å². The minimum absolute atomic E-state index is 0.213. The first kappa shape index (κ1) is 38.0. The van der Waals surface area contributed by atoms with E-state index in [4.69, 9.17) is 14.2 Å². The van der Waals surface area contributed by atoms with E-state index < -0.39 is 36.2 Å². The van der Waals surface area contributed by atoms with Gasteiger partial charge in [0.2, 0.25) is 0 Å². The first-order chi connectivity index (χ1) is 23.6. The Balaban J connectivity index is 1.38. The number of alkyl halides is 3. The van der Waals surface area contributed by atoms with Gasteiger partial charge in [0.05, 0.1) is 18.1 Å². The molecule has 0 aromatic heterocycles. The number of carbonyl (C=O) groups excluding carboxylic acids is 2. The van der Waals surface area contributed by atoms with E-state index in [-0.39, 0.29) is 18.4 Å². The van der Waals surface area contributed by atoms with E-state index in [1.54, 1.807) is 24.3 Å². The van der Waals surface area contributed by atoms with Crippen LogP contribution in [-0.2, 0) is 20.7 Å². The van der Waals surface area contributed by atoms with Gasteiger partial charge in [-0.25, -0.2) is 4.79 Å². The standard InChI is InChI=1S/C41H51F3O5/c1-4-6-7-10-17-37(41(42,43)44)48-40(46)36-27-24-32-15-11-12-16-35(32)38(36)49-39(45)33-20-18-30(19-21-33)31-22-25-34(26-23-31)47-28-13-8-9-14-29(3)5-2/h11-12,15-16,18-23,25-26,29,36-38H,4-10,13-14,17,24,27-28H2,1-3H3/t29-,36?,37-,38?/m0/s1. The SMILES string of the molecule is CCCCCC[C@H](OC(=O)C1CCc2ccccc2C1OC(=O)c1ccc(-c2ccc(OCCCCC[C@@H](C)CC)cc2)cc1)C(F)(F)F. The highest BCUT2D eigenvalue weighted by Gasteiger charge is 2.45. The van der Waals surface area contributed by atoms with E-state index >= 15 is 0 Å². The Kier molecular flexibility index (Phi) is 14.6. The van der Waals surface area contributed by atoms with E-state index in [9.17, 15) is 22.8 Å². The van der Waals surface area contributed by atoms with E-state index in [0.717, 1.165) is 54.0 Å². The van der Waals surface area contributed by atoms with Crippen LogP contribution >= 0.6 is 0 Å². The number of halogens is 3. The smallest absolute Gasteiger partial charge is 0.425 e. The molecule has 1 aliphatic rings. The molecule has 5 nitrogen and oxygen atoms in total. The lowest BCUT2D eigenvalue weighted by atomic mass is 9.81. The van der Waals surface area contributed by atoms with Crippen LogP contribution in [0.15, 0.2) is 72.8 Å². The fraction of sp³-hybridized carbons (Fsp3) is 0.512. The molecule has 49 heavy (non-hydrogen) atoms. The third-order valence-electron chi connectivity index (χ3n) is 9.55. The van der Waals surface area contributed by atoms with Crippen molar-refractivity contribution < 1.29 is 37.0 Å². The molecule has 0 bridgehead atoms. The molecule has 3 aromatic carbocycles. The van der Waals surface area contributed by atoms with Gasteiger partial charge in [-0.2, -0.15) is 13.2 Å². The molecule has 8 heteroatoms. The summed E-state index contributed by atoms with van der Waals surface area (Å²) in [5.41, 5.74) is 3.63. The summed E-state index contributed by atoms with van der Waals surface area (Å²) in [6, 6.07) is 22.0. The number of carbonyl (C=O) groups is 2. The summed E-state index contributed by atoms with van der Waals surface area (Å²) in [5.74, 6) is -1.12. The van der Waals surface area contributed by atoms with Crippen LogP contribution in [0.2, 0.25) is 0 Å². The van der Waals surface area contributed by atoms with Gasteiger partial charge < -0.3 is 14.2 Å². The molecule has 0 amide bonds. The second-order valence-corrected chi connectivity index (χ2v) is 13.3. The van der Waals surface area contributed by atoms with Crippen molar-refractivity contribution in [1.82, 2.24) is 0 Å². The molecular formula is C41H51F3O5. The first-order valence-corrected chi connectivity index (χ1v) is 18.0. The zero-order valence-corrected chi connectivity index (χ0v) is 29.1. The predicted molar refractivity (Wildman–Crippen MR) is 186 cm³/mol. The third-order valence-corrected chi connectivity index (χ3v) is 9.55. The third kappa shape index (κ3) is 11.4. The number of benzene rings is 3. The fourth-order valence-electron chi connectivity index (χ4n) is 6.27. The Morgan fingerprint density at radius 3 is 2.14 bits per heavy atom. The Hall–Kier alpha value is -3.81. The highest BCUT2D eigenvalue weighted by atomic mass is 19.4. The lowest BCUT2D eigenvalue weighted by molar-refractivity contribution is -0.227. The zero-order valence-electron chi connectivity index (χ0n) is 29.1. The molecule has 0 spiro atoms. The van der Waals surface area contributed by atoms with Crippen LogP contribution in [-0.4, -0.2) is 30.8 Å². The van der Waals surface area contributed by atoms with E-state index in [1.165, 1.54) is 19.3 Å². The summed E-state index contributed by atoms with van der Waals surface area (Å²) in [6.07, 6.45) is 0.995. The number of ether oxygens (including phenoxy) is 3. The molecule has 0 saturated heterocycles. The summed E-state index contributed by atoms with van der Waals surface area (Å²) < 4.78 is 58.5. The maximum absolute atomic E-state index is 13.8. The van der Waals surface area contributed by atoms with E-state index in [1.807, 2.05) is 55.5 Å². The first-order valence-electron chi connectivity index (χ1n) is 18.0. The van der Waals surface area contributed by atoms with Crippen molar-refractivity contribution in [1.29, 1.82) is 0 Å². The van der Waals surface area contributed by atoms with Gasteiger partial charge in [-0.1, -0.05) is 114 Å². The molecule has 4 atom stereocenters. The predicted octanol–water partition coefficient (Wildman–Crippen LogP) is 11.2. The van der Waals surface area contributed by atoms with E-state index in [0.29, 0.717) is 31.4 Å². The van der Waals surface area contributed by atoms with Crippen molar-refractivity contribution in [2.24, 2.45) is 11.8 Å². The number of rotatable bonds is 18.